The predicted octanol–water partition coefficient (Wildman–Crippen LogP) is 20.7. The summed E-state index contributed by atoms with van der Waals surface area (Å²) in [4.78, 5) is 24.7. The minimum absolute atomic E-state index is 0.00426. The molecule has 1 fully saturated rings. The van der Waals surface area contributed by atoms with Gasteiger partial charge in [0.05, 0.1) is 31.0 Å². The third kappa shape index (κ3) is 47.1. The normalized spacial score (nSPS) is 15.2. The smallest absolute Gasteiger partial charge is 0.309 e. The number of aliphatic hydroxyl groups excluding tert-OH is 2. The molecular weight excluding hydrogens is 889 g/mol. The minimum Gasteiger partial charge on any atom is -0.465 e. The van der Waals surface area contributed by atoms with E-state index in [1.165, 1.54) is 321 Å². The predicted molar refractivity (Wildman–Crippen MR) is 311 cm³/mol. The van der Waals surface area contributed by atoms with E-state index in [0.29, 0.717) is 6.42 Å². The molecule has 0 amide bonds. The van der Waals surface area contributed by atoms with Gasteiger partial charge in [-0.1, -0.05) is 334 Å². The van der Waals surface area contributed by atoms with Gasteiger partial charge in [0.1, 0.15) is 13.2 Å². The lowest BCUT2D eigenvalue weighted by molar-refractivity contribution is -0.155. The van der Waals surface area contributed by atoms with E-state index < -0.39 is 36.5 Å². The van der Waals surface area contributed by atoms with Crippen LogP contribution in [-0.2, 0) is 19.1 Å². The minimum atomic E-state index is -1.12. The summed E-state index contributed by atoms with van der Waals surface area (Å²) in [5.74, 6) is -1.40. The molecule has 0 spiro atoms. The van der Waals surface area contributed by atoms with Gasteiger partial charge in [-0.15, -0.1) is 0 Å². The Kier molecular flexibility index (Phi) is 53.2. The first-order valence-electron chi connectivity index (χ1n) is 32.8. The molecule has 72 heavy (non-hydrogen) atoms. The van der Waals surface area contributed by atoms with Crippen LogP contribution in [0.25, 0.3) is 0 Å². The van der Waals surface area contributed by atoms with Crippen molar-refractivity contribution in [2.45, 2.75) is 360 Å². The zero-order valence-corrected chi connectivity index (χ0v) is 48.5. The molecule has 6 heteroatoms. The van der Waals surface area contributed by atoms with Crippen LogP contribution >= 0.6 is 0 Å². The van der Waals surface area contributed by atoms with Gasteiger partial charge in [0.25, 0.3) is 0 Å². The SMILES string of the molecule is CCCCCCCCCCCCCCCCCCCCCCCCCCCCCCC/C=C/CCCCCCCCCCCCCCCCCCCCCCCCC1CC(=O)OCC(CO)(CO)COC1=O. The highest BCUT2D eigenvalue weighted by Gasteiger charge is 2.36. The molecule has 1 saturated heterocycles. The summed E-state index contributed by atoms with van der Waals surface area (Å²) in [6.45, 7) is 1.21. The molecule has 1 atom stereocenters. The number of aliphatic hydroxyl groups is 2. The van der Waals surface area contributed by atoms with Crippen molar-refractivity contribution in [1.82, 2.24) is 0 Å². The van der Waals surface area contributed by atoms with E-state index in [9.17, 15) is 19.8 Å². The van der Waals surface area contributed by atoms with Gasteiger partial charge in [0, 0.05) is 0 Å². The van der Waals surface area contributed by atoms with Crippen LogP contribution in [0.4, 0.5) is 0 Å². The quantitative estimate of drug-likeness (QED) is 0.0358. The average molecular weight is 1020 g/mol. The van der Waals surface area contributed by atoms with E-state index in [0.717, 1.165) is 19.3 Å². The number of rotatable bonds is 57. The molecule has 0 radical (unpaired) electrons. The Labute approximate surface area is 449 Å². The zero-order chi connectivity index (χ0) is 51.8. The Morgan fingerprint density at radius 2 is 0.597 bits per heavy atom. The Bertz CT molecular complexity index is 1130. The van der Waals surface area contributed by atoms with Crippen molar-refractivity contribution in [1.29, 1.82) is 0 Å². The van der Waals surface area contributed by atoms with Crippen molar-refractivity contribution >= 4 is 11.9 Å². The fourth-order valence-electron chi connectivity index (χ4n) is 10.9. The lowest BCUT2D eigenvalue weighted by Gasteiger charge is -2.27. The second-order valence-corrected chi connectivity index (χ2v) is 23.5. The molecule has 0 aromatic rings. The molecule has 1 aliphatic heterocycles. The lowest BCUT2D eigenvalue weighted by Crippen LogP contribution is -2.40. The number of carbonyl (C=O) groups excluding carboxylic acids is 2. The van der Waals surface area contributed by atoms with Crippen LogP contribution in [0, 0.1) is 11.3 Å². The van der Waals surface area contributed by atoms with Gasteiger partial charge in [0.2, 0.25) is 0 Å². The first-order chi connectivity index (χ1) is 35.6. The summed E-state index contributed by atoms with van der Waals surface area (Å²) in [5.41, 5.74) is -1.12. The molecule has 1 rings (SSSR count). The molecule has 0 bridgehead atoms. The fourth-order valence-corrected chi connectivity index (χ4v) is 10.9. The third-order valence-electron chi connectivity index (χ3n) is 16.3. The van der Waals surface area contributed by atoms with Gasteiger partial charge in [-0.3, -0.25) is 9.59 Å². The highest BCUT2D eigenvalue weighted by Crippen LogP contribution is 2.25. The number of cyclic esters (lactones) is 2. The van der Waals surface area contributed by atoms with Crippen LogP contribution in [0.2, 0.25) is 0 Å². The van der Waals surface area contributed by atoms with Gasteiger partial charge >= 0.3 is 11.9 Å². The summed E-state index contributed by atoms with van der Waals surface area (Å²) in [6, 6.07) is 0. The number of esters is 2. The second kappa shape index (κ2) is 55.8. The summed E-state index contributed by atoms with van der Waals surface area (Å²) in [7, 11) is 0. The van der Waals surface area contributed by atoms with Crippen LogP contribution in [0.1, 0.15) is 360 Å². The molecule has 1 unspecified atom stereocenters. The van der Waals surface area contributed by atoms with E-state index >= 15 is 0 Å². The van der Waals surface area contributed by atoms with E-state index in [1.54, 1.807) is 0 Å². The number of allylic oxidation sites excluding steroid dienone is 2. The number of ether oxygens (including phenoxy) is 2. The van der Waals surface area contributed by atoms with Gasteiger partial charge in [-0.2, -0.15) is 0 Å². The van der Waals surface area contributed by atoms with E-state index in [2.05, 4.69) is 19.1 Å². The second-order valence-electron chi connectivity index (χ2n) is 23.5. The van der Waals surface area contributed by atoms with Crippen molar-refractivity contribution in [2.75, 3.05) is 26.4 Å². The highest BCUT2D eigenvalue weighted by atomic mass is 16.6. The first kappa shape index (κ1) is 68.6. The fraction of sp³-hybridized carbons (Fsp3) is 0.939. The Morgan fingerprint density at radius 1 is 0.361 bits per heavy atom. The van der Waals surface area contributed by atoms with Gasteiger partial charge in [-0.25, -0.2) is 0 Å². The van der Waals surface area contributed by atoms with Crippen LogP contribution in [0.3, 0.4) is 0 Å². The summed E-state index contributed by atoms with van der Waals surface area (Å²) >= 11 is 0. The summed E-state index contributed by atoms with van der Waals surface area (Å²) < 4.78 is 10.6. The van der Waals surface area contributed by atoms with Crippen molar-refractivity contribution in [3.8, 4) is 0 Å². The number of carbonyl (C=O) groups is 2. The topological polar surface area (TPSA) is 93.1 Å². The van der Waals surface area contributed by atoms with E-state index in [-0.39, 0.29) is 19.6 Å². The summed E-state index contributed by atoms with van der Waals surface area (Å²) in [6.07, 6.45) is 80.2. The van der Waals surface area contributed by atoms with E-state index in [1.807, 2.05) is 0 Å². The van der Waals surface area contributed by atoms with Crippen molar-refractivity contribution < 1.29 is 29.3 Å². The lowest BCUT2D eigenvalue weighted by atomic mass is 9.92. The molecule has 0 aromatic heterocycles. The first-order valence-corrected chi connectivity index (χ1v) is 32.8. The standard InChI is InChI=1S/C66H126O6/c1-2-3-4-5-6-7-8-9-10-11-12-13-14-15-16-17-18-19-20-21-22-23-24-25-26-27-28-29-30-31-32-33-34-35-36-37-38-39-40-41-42-43-44-45-46-47-48-49-50-51-52-53-54-55-56-57-63-58-64(69)71-61-66(59-67,60-68)62-72-65(63)70/h32-33,63,67-68H,2-31,34-62H2,1H3/b33-32+. The maximum atomic E-state index is 12.5. The van der Waals surface area contributed by atoms with Gasteiger partial charge in [-0.05, 0) is 32.1 Å². The maximum absolute atomic E-state index is 12.5. The Morgan fingerprint density at radius 3 is 0.861 bits per heavy atom. The molecular formula is C66H126O6. The largest absolute Gasteiger partial charge is 0.465 e. The number of hydrogen-bond acceptors (Lipinski definition) is 6. The molecule has 0 saturated carbocycles. The average Bonchev–Trinajstić information content (AvgIpc) is 3.45. The van der Waals surface area contributed by atoms with Gasteiger partial charge in [0.15, 0.2) is 0 Å². The van der Waals surface area contributed by atoms with E-state index in [4.69, 9.17) is 9.47 Å². The number of unbranched alkanes of at least 4 members (excludes halogenated alkanes) is 51. The number of hydrogen-bond donors (Lipinski definition) is 2. The molecule has 1 heterocycles. The van der Waals surface area contributed by atoms with Crippen LogP contribution in [-0.4, -0.2) is 48.6 Å². The highest BCUT2D eigenvalue weighted by molar-refractivity contribution is 5.80. The molecule has 1 aliphatic rings. The van der Waals surface area contributed by atoms with Crippen LogP contribution < -0.4 is 0 Å². The van der Waals surface area contributed by atoms with Gasteiger partial charge < -0.3 is 19.7 Å². The monoisotopic (exact) mass is 1010 g/mol. The van der Waals surface area contributed by atoms with Crippen LogP contribution in [0.15, 0.2) is 12.2 Å². The summed E-state index contributed by atoms with van der Waals surface area (Å²) in [5, 5.41) is 19.2. The molecule has 0 aliphatic carbocycles. The molecule has 2 N–H and O–H groups in total. The van der Waals surface area contributed by atoms with Crippen molar-refractivity contribution in [2.24, 2.45) is 11.3 Å². The third-order valence-corrected chi connectivity index (χ3v) is 16.3. The van der Waals surface area contributed by atoms with Crippen LogP contribution in [0.5, 0.6) is 0 Å². The maximum Gasteiger partial charge on any atom is 0.309 e. The molecule has 426 valence electrons. The van der Waals surface area contributed by atoms with Crippen molar-refractivity contribution in [3.05, 3.63) is 12.2 Å². The Balaban J connectivity index is 1.68. The Hall–Kier alpha value is -1.40. The molecule has 6 nitrogen and oxygen atoms in total. The van der Waals surface area contributed by atoms with Crippen molar-refractivity contribution in [3.63, 3.8) is 0 Å². The zero-order valence-electron chi connectivity index (χ0n) is 48.5. The molecule has 0 aromatic carbocycles.